The first-order valence-corrected chi connectivity index (χ1v) is 7.73. The largest absolute Gasteiger partial charge is 0.457 e. The summed E-state index contributed by atoms with van der Waals surface area (Å²) >= 11 is 0. The Hall–Kier alpha value is -3.14. The molecule has 120 valence electrons. The molecule has 0 spiro atoms. The molecule has 0 aliphatic carbocycles. The van der Waals surface area contributed by atoms with Crippen LogP contribution in [0, 0.1) is 6.92 Å². The second-order valence-electron chi connectivity index (χ2n) is 5.43. The van der Waals surface area contributed by atoms with Crippen LogP contribution in [0.15, 0.2) is 72.9 Å². The first-order chi connectivity index (χ1) is 11.7. The first-order valence-electron chi connectivity index (χ1n) is 7.73. The van der Waals surface area contributed by atoms with Gasteiger partial charge < -0.3 is 10.1 Å². The summed E-state index contributed by atoms with van der Waals surface area (Å²) < 4.78 is 5.84. The lowest BCUT2D eigenvalue weighted by Crippen LogP contribution is -2.22. The van der Waals surface area contributed by atoms with Crippen LogP contribution in [-0.4, -0.2) is 10.9 Å². The SMILES string of the molecule is Cc1cc(Oc2cccc(CNC(=O)c3ccccc3)c2)ccn1. The van der Waals surface area contributed by atoms with E-state index in [1.54, 1.807) is 18.3 Å². The van der Waals surface area contributed by atoms with Gasteiger partial charge in [0.2, 0.25) is 0 Å². The highest BCUT2D eigenvalue weighted by molar-refractivity contribution is 5.94. The van der Waals surface area contributed by atoms with Crippen molar-refractivity contribution in [1.29, 1.82) is 0 Å². The number of amides is 1. The van der Waals surface area contributed by atoms with Gasteiger partial charge in [-0.3, -0.25) is 9.78 Å². The molecule has 2 aromatic carbocycles. The molecule has 0 saturated carbocycles. The third kappa shape index (κ3) is 4.20. The Morgan fingerprint density at radius 1 is 1.00 bits per heavy atom. The minimum absolute atomic E-state index is 0.0910. The summed E-state index contributed by atoms with van der Waals surface area (Å²) in [6, 6.07) is 20.5. The smallest absolute Gasteiger partial charge is 0.251 e. The number of aromatic nitrogens is 1. The van der Waals surface area contributed by atoms with Crippen molar-refractivity contribution in [3.8, 4) is 11.5 Å². The number of carbonyl (C=O) groups excluding carboxylic acids is 1. The standard InChI is InChI=1S/C20H18N2O2/c1-15-12-19(10-11-21-15)24-18-9-5-6-16(13-18)14-22-20(23)17-7-3-2-4-8-17/h2-13H,14H2,1H3,(H,22,23). The second kappa shape index (κ2) is 7.42. The molecular weight excluding hydrogens is 300 g/mol. The Kier molecular flexibility index (Phi) is 4.87. The molecule has 4 nitrogen and oxygen atoms in total. The summed E-state index contributed by atoms with van der Waals surface area (Å²) in [5, 5.41) is 2.91. The van der Waals surface area contributed by atoms with Crippen molar-refractivity contribution in [2.75, 3.05) is 0 Å². The van der Waals surface area contributed by atoms with Crippen molar-refractivity contribution in [2.24, 2.45) is 0 Å². The summed E-state index contributed by atoms with van der Waals surface area (Å²) in [4.78, 5) is 16.2. The summed E-state index contributed by atoms with van der Waals surface area (Å²) in [6.45, 7) is 2.36. The summed E-state index contributed by atoms with van der Waals surface area (Å²) in [5.41, 5.74) is 2.53. The van der Waals surface area contributed by atoms with Crippen LogP contribution >= 0.6 is 0 Å². The Morgan fingerprint density at radius 2 is 1.79 bits per heavy atom. The van der Waals surface area contributed by atoms with Crippen molar-refractivity contribution in [3.63, 3.8) is 0 Å². The quantitative estimate of drug-likeness (QED) is 0.770. The van der Waals surface area contributed by atoms with E-state index in [0.29, 0.717) is 12.1 Å². The zero-order chi connectivity index (χ0) is 16.8. The highest BCUT2D eigenvalue weighted by atomic mass is 16.5. The van der Waals surface area contributed by atoms with Crippen LogP contribution in [0.1, 0.15) is 21.6 Å². The fraction of sp³-hybridized carbons (Fsp3) is 0.100. The van der Waals surface area contributed by atoms with E-state index in [2.05, 4.69) is 10.3 Å². The van der Waals surface area contributed by atoms with Gasteiger partial charge in [0.05, 0.1) is 0 Å². The van der Waals surface area contributed by atoms with Gasteiger partial charge >= 0.3 is 0 Å². The fourth-order valence-corrected chi connectivity index (χ4v) is 2.31. The number of aryl methyl sites for hydroxylation is 1. The summed E-state index contributed by atoms with van der Waals surface area (Å²) in [7, 11) is 0. The molecule has 1 N–H and O–H groups in total. The average Bonchev–Trinajstić information content (AvgIpc) is 2.61. The number of pyridine rings is 1. The molecular formula is C20H18N2O2. The number of hydrogen-bond acceptors (Lipinski definition) is 3. The lowest BCUT2D eigenvalue weighted by molar-refractivity contribution is 0.0951. The maximum atomic E-state index is 12.1. The molecule has 0 aliphatic heterocycles. The van der Waals surface area contributed by atoms with Crippen LogP contribution < -0.4 is 10.1 Å². The third-order valence-electron chi connectivity index (χ3n) is 3.49. The molecule has 0 bridgehead atoms. The molecule has 1 aromatic heterocycles. The van der Waals surface area contributed by atoms with E-state index in [1.165, 1.54) is 0 Å². The molecule has 0 fully saturated rings. The maximum Gasteiger partial charge on any atom is 0.251 e. The van der Waals surface area contributed by atoms with Crippen LogP contribution in [0.25, 0.3) is 0 Å². The fourth-order valence-electron chi connectivity index (χ4n) is 2.31. The van der Waals surface area contributed by atoms with Gasteiger partial charge in [0.15, 0.2) is 0 Å². The Bertz CT molecular complexity index is 832. The van der Waals surface area contributed by atoms with Gasteiger partial charge in [-0.05, 0) is 42.8 Å². The molecule has 1 heterocycles. The number of hydrogen-bond donors (Lipinski definition) is 1. The number of rotatable bonds is 5. The van der Waals surface area contributed by atoms with E-state index in [-0.39, 0.29) is 5.91 Å². The zero-order valence-corrected chi connectivity index (χ0v) is 13.4. The molecule has 4 heteroatoms. The average molecular weight is 318 g/mol. The predicted molar refractivity (Wildman–Crippen MR) is 93.1 cm³/mol. The molecule has 1 amide bonds. The zero-order valence-electron chi connectivity index (χ0n) is 13.4. The lowest BCUT2D eigenvalue weighted by atomic mass is 10.2. The highest BCUT2D eigenvalue weighted by Crippen LogP contribution is 2.22. The van der Waals surface area contributed by atoms with Crippen molar-refractivity contribution < 1.29 is 9.53 Å². The summed E-state index contributed by atoms with van der Waals surface area (Å²) in [5.74, 6) is 1.38. The van der Waals surface area contributed by atoms with Gasteiger partial charge in [-0.15, -0.1) is 0 Å². The van der Waals surface area contributed by atoms with Crippen molar-refractivity contribution >= 4 is 5.91 Å². The van der Waals surface area contributed by atoms with E-state index in [4.69, 9.17) is 4.74 Å². The number of ether oxygens (including phenoxy) is 1. The molecule has 24 heavy (non-hydrogen) atoms. The second-order valence-corrected chi connectivity index (χ2v) is 5.43. The van der Waals surface area contributed by atoms with E-state index >= 15 is 0 Å². The van der Waals surface area contributed by atoms with Crippen molar-refractivity contribution in [2.45, 2.75) is 13.5 Å². The van der Waals surface area contributed by atoms with E-state index in [0.717, 1.165) is 22.8 Å². The maximum absolute atomic E-state index is 12.1. The van der Waals surface area contributed by atoms with Crippen molar-refractivity contribution in [1.82, 2.24) is 10.3 Å². The third-order valence-corrected chi connectivity index (χ3v) is 3.49. The minimum atomic E-state index is -0.0910. The van der Waals surface area contributed by atoms with Gasteiger partial charge in [0.1, 0.15) is 11.5 Å². The number of benzene rings is 2. The molecule has 0 radical (unpaired) electrons. The van der Waals surface area contributed by atoms with Crippen LogP contribution in [0.5, 0.6) is 11.5 Å². The topological polar surface area (TPSA) is 51.2 Å². The van der Waals surface area contributed by atoms with Gasteiger partial charge in [-0.25, -0.2) is 0 Å². The van der Waals surface area contributed by atoms with E-state index in [1.807, 2.05) is 61.5 Å². The number of carbonyl (C=O) groups is 1. The highest BCUT2D eigenvalue weighted by Gasteiger charge is 2.05. The molecule has 0 aliphatic rings. The number of nitrogens with zero attached hydrogens (tertiary/aromatic N) is 1. The Balaban J connectivity index is 1.64. The van der Waals surface area contributed by atoms with Crippen LogP contribution in [0.2, 0.25) is 0 Å². The predicted octanol–water partition coefficient (Wildman–Crippen LogP) is 4.11. The van der Waals surface area contributed by atoms with Crippen LogP contribution in [0.4, 0.5) is 0 Å². The normalized spacial score (nSPS) is 10.2. The minimum Gasteiger partial charge on any atom is -0.457 e. The first kappa shape index (κ1) is 15.7. The molecule has 0 saturated heterocycles. The van der Waals surface area contributed by atoms with Crippen molar-refractivity contribution in [3.05, 3.63) is 89.7 Å². The van der Waals surface area contributed by atoms with Gasteiger partial charge in [0.25, 0.3) is 5.91 Å². The van der Waals surface area contributed by atoms with Crippen LogP contribution in [-0.2, 0) is 6.54 Å². The molecule has 0 atom stereocenters. The monoisotopic (exact) mass is 318 g/mol. The Morgan fingerprint density at radius 3 is 2.58 bits per heavy atom. The molecule has 0 unspecified atom stereocenters. The van der Waals surface area contributed by atoms with E-state index in [9.17, 15) is 4.79 Å². The van der Waals surface area contributed by atoms with E-state index < -0.39 is 0 Å². The van der Waals surface area contributed by atoms with Gasteiger partial charge in [-0.2, -0.15) is 0 Å². The molecule has 3 aromatic rings. The Labute approximate surface area is 141 Å². The lowest BCUT2D eigenvalue weighted by Gasteiger charge is -2.09. The van der Waals surface area contributed by atoms with Gasteiger partial charge in [-0.1, -0.05) is 30.3 Å². The number of nitrogens with one attached hydrogen (secondary N) is 1. The van der Waals surface area contributed by atoms with Gasteiger partial charge in [0, 0.05) is 30.1 Å². The van der Waals surface area contributed by atoms with Crippen LogP contribution in [0.3, 0.4) is 0 Å². The summed E-state index contributed by atoms with van der Waals surface area (Å²) in [6.07, 6.45) is 1.72. The molecule has 3 rings (SSSR count).